The Morgan fingerprint density at radius 1 is 1.17 bits per heavy atom. The van der Waals surface area contributed by atoms with Crippen molar-refractivity contribution in [2.75, 3.05) is 0 Å². The Morgan fingerprint density at radius 3 is 2.30 bits per heavy atom. The molecule has 0 heterocycles. The van der Waals surface area contributed by atoms with Gasteiger partial charge in [0, 0.05) is 0 Å². The molecule has 0 N–H and O–H groups in total. The van der Waals surface area contributed by atoms with Gasteiger partial charge in [-0.3, -0.25) is 0 Å². The van der Waals surface area contributed by atoms with Crippen molar-refractivity contribution in [1.82, 2.24) is 0 Å². The monoisotopic (exact) mass is 330 g/mol. The molecule has 2 heteroatoms. The maximum atomic E-state index is 6.82. The van der Waals surface area contributed by atoms with Crippen LogP contribution in [-0.4, -0.2) is 19.4 Å². The van der Waals surface area contributed by atoms with Crippen LogP contribution < -0.4 is 0 Å². The van der Waals surface area contributed by atoms with E-state index in [1.807, 2.05) is 0 Å². The first-order valence-corrected chi connectivity index (χ1v) is 11.9. The summed E-state index contributed by atoms with van der Waals surface area (Å²) in [7, 11) is -1.85. The molecule has 0 radical (unpaired) electrons. The lowest BCUT2D eigenvalue weighted by molar-refractivity contribution is -0.0160. The average Bonchev–Trinajstić information content (AvgIpc) is 2.93. The minimum atomic E-state index is -1.85. The van der Waals surface area contributed by atoms with Gasteiger partial charge in [-0.2, -0.15) is 0 Å². The lowest BCUT2D eigenvalue weighted by Crippen LogP contribution is -2.61. The molecule has 2 aliphatic rings. The van der Waals surface area contributed by atoms with Crippen molar-refractivity contribution in [3.05, 3.63) is 46.7 Å². The molecule has 1 unspecified atom stereocenters. The Bertz CT molecular complexity index is 581. The second-order valence-electron chi connectivity index (χ2n) is 8.88. The van der Waals surface area contributed by atoms with Crippen molar-refractivity contribution in [2.45, 2.75) is 78.8 Å². The highest BCUT2D eigenvalue weighted by molar-refractivity contribution is 6.88. The molecule has 0 aromatic carbocycles. The van der Waals surface area contributed by atoms with E-state index in [1.165, 1.54) is 11.1 Å². The first-order valence-electron chi connectivity index (χ1n) is 8.95. The van der Waals surface area contributed by atoms with Gasteiger partial charge in [0.2, 0.25) is 0 Å². The van der Waals surface area contributed by atoms with Gasteiger partial charge in [0.25, 0.3) is 0 Å². The van der Waals surface area contributed by atoms with Gasteiger partial charge in [-0.25, -0.2) is 0 Å². The highest BCUT2D eigenvalue weighted by atomic mass is 28.3. The summed E-state index contributed by atoms with van der Waals surface area (Å²) in [5, 5.41) is 1.39. The third kappa shape index (κ3) is 3.34. The summed E-state index contributed by atoms with van der Waals surface area (Å²) >= 11 is 0. The van der Waals surface area contributed by atoms with Gasteiger partial charge >= 0.3 is 0 Å². The standard InChI is InChI=1S/C21H34OSi/c1-16(2)22-21(23(7,8)18-11-9-10-12-18)14-13-17(3)15-19(21)20(4,5)6/h9,11-13,15-16H,10,14H2,1-8H3. The highest BCUT2D eigenvalue weighted by Crippen LogP contribution is 2.50. The van der Waals surface area contributed by atoms with Crippen LogP contribution in [0.4, 0.5) is 0 Å². The number of allylic oxidation sites excluding steroid dienone is 6. The first kappa shape index (κ1) is 18.5. The normalized spacial score (nSPS) is 25.5. The van der Waals surface area contributed by atoms with Gasteiger partial charge in [0.15, 0.2) is 0 Å². The summed E-state index contributed by atoms with van der Waals surface area (Å²) in [5.41, 5.74) is 2.97. The summed E-state index contributed by atoms with van der Waals surface area (Å²) in [6, 6.07) is 0. The minimum Gasteiger partial charge on any atom is -0.371 e. The Labute approximate surface area is 144 Å². The average molecular weight is 331 g/mol. The Hall–Kier alpha value is -0.863. The fourth-order valence-corrected chi connectivity index (χ4v) is 7.94. The van der Waals surface area contributed by atoms with Gasteiger partial charge in [-0.05, 0) is 44.6 Å². The summed E-state index contributed by atoms with van der Waals surface area (Å²) in [4.78, 5) is 0. The number of rotatable bonds is 4. The van der Waals surface area contributed by atoms with Crippen LogP contribution >= 0.6 is 0 Å². The molecule has 0 saturated carbocycles. The molecule has 2 aliphatic carbocycles. The summed E-state index contributed by atoms with van der Waals surface area (Å²) < 4.78 is 6.82. The van der Waals surface area contributed by atoms with Crippen LogP contribution in [0.3, 0.4) is 0 Å². The van der Waals surface area contributed by atoms with Crippen LogP contribution in [-0.2, 0) is 4.74 Å². The second kappa shape index (κ2) is 6.21. The van der Waals surface area contributed by atoms with Crippen LogP contribution in [0.25, 0.3) is 0 Å². The smallest absolute Gasteiger partial charge is 0.122 e. The third-order valence-corrected chi connectivity index (χ3v) is 9.69. The van der Waals surface area contributed by atoms with Crippen LogP contribution in [0.5, 0.6) is 0 Å². The zero-order chi connectivity index (χ0) is 17.5. The van der Waals surface area contributed by atoms with Crippen molar-refractivity contribution >= 4 is 8.07 Å². The maximum absolute atomic E-state index is 6.82. The molecule has 2 rings (SSSR count). The van der Waals surface area contributed by atoms with E-state index in [0.29, 0.717) is 0 Å². The van der Waals surface area contributed by atoms with E-state index in [9.17, 15) is 0 Å². The number of ether oxygens (including phenoxy) is 1. The highest BCUT2D eigenvalue weighted by Gasteiger charge is 2.55. The molecule has 1 nitrogen and oxygen atoms in total. The molecule has 0 aromatic heterocycles. The molecule has 0 aromatic rings. The number of hydrogen-bond acceptors (Lipinski definition) is 1. The molecule has 0 aliphatic heterocycles. The molecule has 23 heavy (non-hydrogen) atoms. The fourth-order valence-electron chi connectivity index (χ4n) is 4.05. The molecule has 0 bridgehead atoms. The predicted octanol–water partition coefficient (Wildman–Crippen LogP) is 6.15. The summed E-state index contributed by atoms with van der Waals surface area (Å²) in [6.07, 6.45) is 14.2. The minimum absolute atomic E-state index is 0.109. The van der Waals surface area contributed by atoms with Crippen molar-refractivity contribution in [3.8, 4) is 0 Å². The molecule has 0 fully saturated rings. The largest absolute Gasteiger partial charge is 0.371 e. The van der Waals surface area contributed by atoms with Gasteiger partial charge in [-0.15, -0.1) is 0 Å². The quantitative estimate of drug-likeness (QED) is 0.562. The van der Waals surface area contributed by atoms with Gasteiger partial charge in [-0.1, -0.05) is 75.0 Å². The topological polar surface area (TPSA) is 9.23 Å². The Kier molecular flexibility index (Phi) is 4.99. The Morgan fingerprint density at radius 2 is 1.83 bits per heavy atom. The predicted molar refractivity (Wildman–Crippen MR) is 104 cm³/mol. The van der Waals surface area contributed by atoms with Crippen molar-refractivity contribution in [3.63, 3.8) is 0 Å². The van der Waals surface area contributed by atoms with Crippen LogP contribution in [0.2, 0.25) is 13.1 Å². The summed E-state index contributed by atoms with van der Waals surface area (Å²) in [5.74, 6) is 0. The van der Waals surface area contributed by atoms with E-state index in [-0.39, 0.29) is 16.7 Å². The van der Waals surface area contributed by atoms with E-state index in [2.05, 4.69) is 85.0 Å². The molecular weight excluding hydrogens is 296 g/mol. The lowest BCUT2D eigenvalue weighted by atomic mass is 9.78. The number of hydrogen-bond donors (Lipinski definition) is 0. The maximum Gasteiger partial charge on any atom is 0.122 e. The van der Waals surface area contributed by atoms with E-state index in [0.717, 1.165) is 12.8 Å². The molecule has 128 valence electrons. The molecule has 1 atom stereocenters. The van der Waals surface area contributed by atoms with Crippen LogP contribution in [0, 0.1) is 5.41 Å². The zero-order valence-electron chi connectivity index (χ0n) is 16.3. The first-order chi connectivity index (χ1) is 10.5. The zero-order valence-corrected chi connectivity index (χ0v) is 17.3. The van der Waals surface area contributed by atoms with Gasteiger partial charge in [0.05, 0.1) is 11.3 Å². The molecular formula is C21H34OSi. The van der Waals surface area contributed by atoms with Crippen molar-refractivity contribution in [1.29, 1.82) is 0 Å². The van der Waals surface area contributed by atoms with Crippen molar-refractivity contribution in [2.24, 2.45) is 5.41 Å². The van der Waals surface area contributed by atoms with E-state index >= 15 is 0 Å². The molecule has 0 saturated heterocycles. The van der Waals surface area contributed by atoms with Crippen molar-refractivity contribution < 1.29 is 4.74 Å². The third-order valence-electron chi connectivity index (χ3n) is 5.27. The van der Waals surface area contributed by atoms with E-state index in [1.54, 1.807) is 5.20 Å². The van der Waals surface area contributed by atoms with Gasteiger partial charge < -0.3 is 4.74 Å². The molecule has 0 spiro atoms. The fraction of sp³-hybridized carbons (Fsp3) is 0.619. The molecule has 0 amide bonds. The van der Waals surface area contributed by atoms with Crippen LogP contribution in [0.15, 0.2) is 46.7 Å². The summed E-state index contributed by atoms with van der Waals surface area (Å²) in [6.45, 7) is 18.6. The van der Waals surface area contributed by atoms with Crippen LogP contribution in [0.1, 0.15) is 54.4 Å². The Balaban J connectivity index is 2.64. The van der Waals surface area contributed by atoms with E-state index in [4.69, 9.17) is 4.74 Å². The second-order valence-corrected chi connectivity index (χ2v) is 13.5. The lowest BCUT2D eigenvalue weighted by Gasteiger charge is -2.53. The SMILES string of the molecule is CC1=CCC(OC(C)C)([Si](C)(C)C2=CCC=C2)C(C(C)(C)C)=C1. The van der Waals surface area contributed by atoms with E-state index < -0.39 is 8.07 Å². The van der Waals surface area contributed by atoms with Gasteiger partial charge in [0.1, 0.15) is 8.07 Å².